The maximum Gasteiger partial charge on any atom is 0.0175 e. The van der Waals surface area contributed by atoms with Crippen LogP contribution in [0.3, 0.4) is 0 Å². The first-order chi connectivity index (χ1) is 9.45. The molecule has 0 spiro atoms. The van der Waals surface area contributed by atoms with Gasteiger partial charge >= 0.3 is 0 Å². The zero-order chi connectivity index (χ0) is 14.4. The van der Waals surface area contributed by atoms with Gasteiger partial charge in [0.05, 0.1) is 0 Å². The van der Waals surface area contributed by atoms with Crippen molar-refractivity contribution in [3.8, 4) is 0 Å². The summed E-state index contributed by atoms with van der Waals surface area (Å²) in [6.45, 7) is 11.2. The smallest absolute Gasteiger partial charge is 0.0175 e. The van der Waals surface area contributed by atoms with Crippen LogP contribution < -0.4 is 5.32 Å². The van der Waals surface area contributed by atoms with Crippen LogP contribution in [0.15, 0.2) is 0 Å². The van der Waals surface area contributed by atoms with E-state index in [4.69, 9.17) is 0 Å². The summed E-state index contributed by atoms with van der Waals surface area (Å²) >= 11 is 0. The van der Waals surface area contributed by atoms with Crippen LogP contribution in [-0.2, 0) is 0 Å². The zero-order valence-corrected chi connectivity index (χ0v) is 14.2. The Labute approximate surface area is 126 Å². The second-order valence-electron chi connectivity index (χ2n) is 9.05. The van der Waals surface area contributed by atoms with Gasteiger partial charge in [-0.25, -0.2) is 0 Å². The van der Waals surface area contributed by atoms with Gasteiger partial charge in [0.2, 0.25) is 0 Å². The van der Waals surface area contributed by atoms with E-state index in [1.165, 1.54) is 57.9 Å². The van der Waals surface area contributed by atoms with Crippen LogP contribution in [0, 0.1) is 28.6 Å². The van der Waals surface area contributed by atoms with E-state index in [0.717, 1.165) is 23.8 Å². The van der Waals surface area contributed by atoms with E-state index in [2.05, 4.69) is 33.0 Å². The van der Waals surface area contributed by atoms with Gasteiger partial charge in [-0.15, -0.1) is 0 Å². The van der Waals surface area contributed by atoms with Crippen LogP contribution in [0.25, 0.3) is 0 Å². The Kier molecular flexibility index (Phi) is 3.95. The SMILES string of the molecule is CCC1CCC(CNC2C3(C)CCC(C3)C2(C)C)CC1. The highest BCUT2D eigenvalue weighted by Gasteiger charge is 2.58. The molecule has 2 bridgehead atoms. The summed E-state index contributed by atoms with van der Waals surface area (Å²) in [5, 5.41) is 4.05. The van der Waals surface area contributed by atoms with Crippen molar-refractivity contribution in [2.75, 3.05) is 6.54 Å². The number of nitrogens with one attached hydrogen (secondary N) is 1. The Morgan fingerprint density at radius 2 is 1.60 bits per heavy atom. The molecule has 3 aliphatic rings. The highest BCUT2D eigenvalue weighted by Crippen LogP contribution is 2.62. The summed E-state index contributed by atoms with van der Waals surface area (Å²) in [7, 11) is 0. The molecule has 0 radical (unpaired) electrons. The van der Waals surface area contributed by atoms with Crippen molar-refractivity contribution in [3.63, 3.8) is 0 Å². The minimum absolute atomic E-state index is 0.521. The third-order valence-electron chi connectivity index (χ3n) is 7.42. The lowest BCUT2D eigenvalue weighted by atomic mass is 9.68. The molecule has 3 saturated carbocycles. The summed E-state index contributed by atoms with van der Waals surface area (Å²) in [6.07, 6.45) is 11.7. The van der Waals surface area contributed by atoms with Crippen molar-refractivity contribution in [1.29, 1.82) is 0 Å². The Bertz CT molecular complexity index is 335. The van der Waals surface area contributed by atoms with Gasteiger partial charge in [-0.2, -0.15) is 0 Å². The van der Waals surface area contributed by atoms with E-state index in [1.807, 2.05) is 0 Å². The van der Waals surface area contributed by atoms with Crippen molar-refractivity contribution in [2.24, 2.45) is 28.6 Å². The van der Waals surface area contributed by atoms with Crippen LogP contribution in [0.5, 0.6) is 0 Å². The third-order valence-corrected chi connectivity index (χ3v) is 7.42. The molecule has 1 nitrogen and oxygen atoms in total. The zero-order valence-electron chi connectivity index (χ0n) is 14.2. The Hall–Kier alpha value is -0.0400. The lowest BCUT2D eigenvalue weighted by molar-refractivity contribution is 0.101. The first kappa shape index (κ1) is 14.9. The van der Waals surface area contributed by atoms with E-state index in [1.54, 1.807) is 0 Å². The molecule has 0 aromatic heterocycles. The molecular weight excluding hydrogens is 242 g/mol. The standard InChI is InChI=1S/C19H35N/c1-5-14-6-8-15(9-7-14)13-20-17-18(2,3)16-10-11-19(17,4)12-16/h14-17,20H,5-13H2,1-4H3. The molecule has 0 aromatic carbocycles. The van der Waals surface area contributed by atoms with Gasteiger partial charge in [0, 0.05) is 6.04 Å². The summed E-state index contributed by atoms with van der Waals surface area (Å²) in [5.74, 6) is 2.96. The first-order valence-electron chi connectivity index (χ1n) is 9.19. The van der Waals surface area contributed by atoms with E-state index < -0.39 is 0 Å². The van der Waals surface area contributed by atoms with E-state index in [9.17, 15) is 0 Å². The van der Waals surface area contributed by atoms with E-state index in [0.29, 0.717) is 10.8 Å². The molecular formula is C19H35N. The van der Waals surface area contributed by atoms with Crippen molar-refractivity contribution >= 4 is 0 Å². The van der Waals surface area contributed by atoms with E-state index in [-0.39, 0.29) is 0 Å². The van der Waals surface area contributed by atoms with Gasteiger partial charge in [0.15, 0.2) is 0 Å². The van der Waals surface area contributed by atoms with Crippen molar-refractivity contribution in [1.82, 2.24) is 5.32 Å². The fourth-order valence-electron chi connectivity index (χ4n) is 5.94. The maximum absolute atomic E-state index is 4.05. The van der Waals surface area contributed by atoms with Crippen molar-refractivity contribution < 1.29 is 0 Å². The molecule has 0 amide bonds. The summed E-state index contributed by atoms with van der Waals surface area (Å²) in [5.41, 5.74) is 1.11. The molecule has 116 valence electrons. The van der Waals surface area contributed by atoms with Crippen LogP contribution >= 0.6 is 0 Å². The van der Waals surface area contributed by atoms with Gasteiger partial charge in [0.25, 0.3) is 0 Å². The minimum atomic E-state index is 0.521. The van der Waals surface area contributed by atoms with Crippen LogP contribution in [-0.4, -0.2) is 12.6 Å². The highest BCUT2D eigenvalue weighted by atomic mass is 15.0. The molecule has 3 rings (SSSR count). The Morgan fingerprint density at radius 1 is 0.950 bits per heavy atom. The lowest BCUT2D eigenvalue weighted by Gasteiger charge is -2.44. The molecule has 0 heterocycles. The highest BCUT2D eigenvalue weighted by molar-refractivity contribution is 5.12. The fourth-order valence-corrected chi connectivity index (χ4v) is 5.94. The molecule has 0 aliphatic heterocycles. The summed E-state index contributed by atoms with van der Waals surface area (Å²) in [6, 6.07) is 0.762. The van der Waals surface area contributed by atoms with Crippen molar-refractivity contribution in [3.05, 3.63) is 0 Å². The number of fused-ring (bicyclic) bond motifs is 2. The van der Waals surface area contributed by atoms with Crippen LogP contribution in [0.2, 0.25) is 0 Å². The largest absolute Gasteiger partial charge is 0.313 e. The number of hydrogen-bond acceptors (Lipinski definition) is 1. The van der Waals surface area contributed by atoms with Gasteiger partial charge < -0.3 is 5.32 Å². The monoisotopic (exact) mass is 277 g/mol. The Balaban J connectivity index is 1.54. The quantitative estimate of drug-likeness (QED) is 0.762. The molecule has 0 saturated heterocycles. The minimum Gasteiger partial charge on any atom is -0.313 e. The second-order valence-corrected chi connectivity index (χ2v) is 9.05. The predicted octanol–water partition coefficient (Wildman–Crippen LogP) is 5.01. The maximum atomic E-state index is 4.05. The van der Waals surface area contributed by atoms with E-state index >= 15 is 0 Å². The molecule has 3 unspecified atom stereocenters. The van der Waals surface area contributed by atoms with Gasteiger partial charge in [-0.1, -0.05) is 47.0 Å². The van der Waals surface area contributed by atoms with Gasteiger partial charge in [-0.3, -0.25) is 0 Å². The Morgan fingerprint density at radius 3 is 2.15 bits per heavy atom. The third kappa shape index (κ3) is 2.45. The fraction of sp³-hybridized carbons (Fsp3) is 1.00. The molecule has 3 atom stereocenters. The van der Waals surface area contributed by atoms with Crippen molar-refractivity contribution in [2.45, 2.75) is 85.1 Å². The normalized spacial score (nSPS) is 46.8. The van der Waals surface area contributed by atoms with Crippen LogP contribution in [0.4, 0.5) is 0 Å². The molecule has 3 aliphatic carbocycles. The average Bonchev–Trinajstić information content (AvgIpc) is 2.90. The number of hydrogen-bond donors (Lipinski definition) is 1. The number of rotatable bonds is 4. The average molecular weight is 277 g/mol. The molecule has 20 heavy (non-hydrogen) atoms. The molecule has 1 heteroatoms. The van der Waals surface area contributed by atoms with Crippen LogP contribution in [0.1, 0.15) is 79.1 Å². The second kappa shape index (κ2) is 5.30. The topological polar surface area (TPSA) is 12.0 Å². The lowest BCUT2D eigenvalue weighted by Crippen LogP contribution is -2.51. The summed E-state index contributed by atoms with van der Waals surface area (Å²) in [4.78, 5) is 0. The van der Waals surface area contributed by atoms with Gasteiger partial charge in [0.1, 0.15) is 0 Å². The molecule has 0 aromatic rings. The first-order valence-corrected chi connectivity index (χ1v) is 9.19. The summed E-state index contributed by atoms with van der Waals surface area (Å²) < 4.78 is 0. The molecule has 3 fully saturated rings. The predicted molar refractivity (Wildman–Crippen MR) is 86.8 cm³/mol. The molecule has 1 N–H and O–H groups in total. The van der Waals surface area contributed by atoms with Gasteiger partial charge in [-0.05, 0) is 67.2 Å².